The highest BCUT2D eigenvalue weighted by molar-refractivity contribution is 8.00. The molecular weight excluding hydrogens is 399 g/mol. The molecule has 154 valence electrons. The van der Waals surface area contributed by atoms with E-state index < -0.39 is 5.51 Å². The first-order valence-corrected chi connectivity index (χ1v) is 9.99. The molecule has 0 aromatic heterocycles. The van der Waals surface area contributed by atoms with Gasteiger partial charge in [-0.3, -0.25) is 4.79 Å². The molecule has 0 atom stereocenters. The highest BCUT2D eigenvalue weighted by Crippen LogP contribution is 2.36. The third kappa shape index (κ3) is 6.54. The van der Waals surface area contributed by atoms with Crippen LogP contribution in [0.2, 0.25) is 0 Å². The van der Waals surface area contributed by atoms with E-state index in [1.807, 2.05) is 24.3 Å². The molecule has 29 heavy (non-hydrogen) atoms. The quantitative estimate of drug-likeness (QED) is 0.561. The fourth-order valence-electron chi connectivity index (χ4n) is 3.03. The van der Waals surface area contributed by atoms with Crippen LogP contribution >= 0.6 is 11.8 Å². The van der Waals surface area contributed by atoms with Crippen LogP contribution in [0.3, 0.4) is 0 Å². The Morgan fingerprint density at radius 2 is 1.69 bits per heavy atom. The van der Waals surface area contributed by atoms with Gasteiger partial charge in [0, 0.05) is 37.2 Å². The molecule has 2 aromatic carbocycles. The molecule has 0 unspecified atom stereocenters. The number of thioether (sulfide) groups is 1. The number of piperazine rings is 1. The average molecular weight is 421 g/mol. The highest BCUT2D eigenvalue weighted by atomic mass is 32.2. The largest absolute Gasteiger partial charge is 0.446 e. The topological polar surface area (TPSA) is 35.6 Å². The summed E-state index contributed by atoms with van der Waals surface area (Å²) < 4.78 is 37.1. The molecule has 0 saturated carbocycles. The van der Waals surface area contributed by atoms with Crippen molar-refractivity contribution in [3.8, 4) is 0 Å². The van der Waals surface area contributed by atoms with E-state index >= 15 is 0 Å². The van der Waals surface area contributed by atoms with Crippen molar-refractivity contribution in [1.29, 1.82) is 0 Å². The number of carbonyl (C=O) groups excluding carboxylic acids is 1. The monoisotopic (exact) mass is 421 g/mol. The predicted molar refractivity (Wildman–Crippen MR) is 112 cm³/mol. The van der Waals surface area contributed by atoms with Gasteiger partial charge in [0.05, 0.1) is 11.4 Å². The van der Waals surface area contributed by atoms with Crippen LogP contribution in [0.15, 0.2) is 59.5 Å². The minimum Gasteiger partial charge on any atom is -0.367 e. The molecule has 1 amide bonds. The summed E-state index contributed by atoms with van der Waals surface area (Å²) in [6.07, 6.45) is 2.96. The number of benzene rings is 2. The molecule has 1 saturated heterocycles. The molecule has 2 aromatic rings. The number of rotatable bonds is 5. The Bertz CT molecular complexity index is 860. The second-order valence-corrected chi connectivity index (χ2v) is 7.89. The van der Waals surface area contributed by atoms with E-state index in [2.05, 4.69) is 22.2 Å². The zero-order valence-corrected chi connectivity index (χ0v) is 16.8. The van der Waals surface area contributed by atoms with Crippen molar-refractivity contribution in [2.24, 2.45) is 0 Å². The molecule has 0 spiro atoms. The molecule has 0 radical (unpaired) electrons. The van der Waals surface area contributed by atoms with Crippen LogP contribution in [0, 0.1) is 0 Å². The highest BCUT2D eigenvalue weighted by Gasteiger charge is 2.28. The molecule has 0 bridgehead atoms. The first-order chi connectivity index (χ1) is 13.8. The van der Waals surface area contributed by atoms with Crippen LogP contribution in [-0.4, -0.2) is 49.5 Å². The summed E-state index contributed by atoms with van der Waals surface area (Å²) >= 11 is -0.160. The molecule has 1 fully saturated rings. The molecule has 1 N–H and O–H groups in total. The lowest BCUT2D eigenvalue weighted by atomic mass is 10.2. The van der Waals surface area contributed by atoms with Crippen LogP contribution in [0.25, 0.3) is 6.08 Å². The van der Waals surface area contributed by atoms with Crippen LogP contribution < -0.4 is 10.2 Å². The Balaban J connectivity index is 1.62. The summed E-state index contributed by atoms with van der Waals surface area (Å²) in [7, 11) is 2.09. The number of hydrogen-bond acceptors (Lipinski definition) is 4. The van der Waals surface area contributed by atoms with Crippen molar-refractivity contribution in [1.82, 2.24) is 4.90 Å². The van der Waals surface area contributed by atoms with E-state index in [0.29, 0.717) is 5.56 Å². The Kier molecular flexibility index (Phi) is 6.87. The zero-order valence-electron chi connectivity index (χ0n) is 15.9. The predicted octanol–water partition coefficient (Wildman–Crippen LogP) is 4.70. The van der Waals surface area contributed by atoms with Crippen molar-refractivity contribution in [2.45, 2.75) is 10.4 Å². The van der Waals surface area contributed by atoms with Crippen LogP contribution in [-0.2, 0) is 4.79 Å². The minimum atomic E-state index is -4.31. The Morgan fingerprint density at radius 3 is 2.34 bits per heavy atom. The lowest BCUT2D eigenvalue weighted by Gasteiger charge is -2.35. The lowest BCUT2D eigenvalue weighted by molar-refractivity contribution is -0.111. The molecule has 4 nitrogen and oxygen atoms in total. The third-order valence-corrected chi connectivity index (χ3v) is 5.29. The van der Waals surface area contributed by atoms with Crippen LogP contribution in [0.5, 0.6) is 0 Å². The summed E-state index contributed by atoms with van der Waals surface area (Å²) in [5, 5.41) is 2.90. The van der Waals surface area contributed by atoms with Gasteiger partial charge >= 0.3 is 5.51 Å². The number of likely N-dealkylation sites (N-methyl/N-ethyl adjacent to an activating group) is 1. The number of alkyl halides is 3. The van der Waals surface area contributed by atoms with E-state index in [-0.39, 0.29) is 22.6 Å². The summed E-state index contributed by atoms with van der Waals surface area (Å²) in [6.45, 7) is 3.71. The van der Waals surface area contributed by atoms with E-state index in [9.17, 15) is 18.0 Å². The Morgan fingerprint density at radius 1 is 1.03 bits per heavy atom. The van der Waals surface area contributed by atoms with Crippen molar-refractivity contribution in [3.05, 3.63) is 60.2 Å². The first-order valence-electron chi connectivity index (χ1n) is 9.17. The molecular formula is C21H22F3N3OS. The Hall–Kier alpha value is -2.45. The van der Waals surface area contributed by atoms with Gasteiger partial charge in [-0.2, -0.15) is 13.2 Å². The number of nitrogens with one attached hydrogen (secondary N) is 1. The molecule has 8 heteroatoms. The van der Waals surface area contributed by atoms with Gasteiger partial charge in [0.25, 0.3) is 0 Å². The maximum Gasteiger partial charge on any atom is 0.446 e. The zero-order chi connectivity index (χ0) is 20.9. The fraction of sp³-hybridized carbons (Fsp3) is 0.286. The Labute approximate surface area is 172 Å². The van der Waals surface area contributed by atoms with Crippen molar-refractivity contribution in [3.63, 3.8) is 0 Å². The first kappa shape index (κ1) is 21.3. The van der Waals surface area contributed by atoms with Crippen molar-refractivity contribution >= 4 is 35.1 Å². The number of hydrogen-bond donors (Lipinski definition) is 1. The van der Waals surface area contributed by atoms with E-state index in [0.717, 1.165) is 37.6 Å². The molecule has 3 rings (SSSR count). The van der Waals surface area contributed by atoms with E-state index in [1.165, 1.54) is 18.2 Å². The number of carbonyl (C=O) groups is 1. The van der Waals surface area contributed by atoms with Gasteiger partial charge in [0.2, 0.25) is 5.91 Å². The summed E-state index contributed by atoms with van der Waals surface area (Å²) in [4.78, 5) is 17.0. The minimum absolute atomic E-state index is 0.111. The lowest BCUT2D eigenvalue weighted by Crippen LogP contribution is -2.44. The average Bonchev–Trinajstić information content (AvgIpc) is 2.67. The second kappa shape index (κ2) is 9.37. The van der Waals surface area contributed by atoms with Gasteiger partial charge in [-0.1, -0.05) is 24.3 Å². The van der Waals surface area contributed by atoms with Gasteiger partial charge in [-0.25, -0.2) is 0 Å². The van der Waals surface area contributed by atoms with Gasteiger partial charge < -0.3 is 15.1 Å². The van der Waals surface area contributed by atoms with Gasteiger partial charge in [-0.15, -0.1) is 0 Å². The smallest absolute Gasteiger partial charge is 0.367 e. The third-order valence-electron chi connectivity index (χ3n) is 4.55. The summed E-state index contributed by atoms with van der Waals surface area (Å²) in [5.74, 6) is -0.291. The second-order valence-electron chi connectivity index (χ2n) is 6.75. The molecule has 0 aliphatic carbocycles. The van der Waals surface area contributed by atoms with E-state index in [1.54, 1.807) is 18.2 Å². The van der Waals surface area contributed by atoms with Gasteiger partial charge in [0.15, 0.2) is 0 Å². The maximum atomic E-state index is 12.4. The standard InChI is InChI=1S/C21H22F3N3OS/c1-26-12-14-27(15-13-26)19-5-3-2-4-18(19)25-20(28)11-8-16-6-9-17(10-7-16)29-21(22,23)24/h2-11H,12-15H2,1H3,(H,25,28)/b11-8+. The van der Waals surface area contributed by atoms with Crippen molar-refractivity contribution < 1.29 is 18.0 Å². The van der Waals surface area contributed by atoms with E-state index in [4.69, 9.17) is 0 Å². The number of nitrogens with zero attached hydrogens (tertiary/aromatic N) is 2. The normalized spacial score (nSPS) is 15.7. The molecule has 1 aliphatic heterocycles. The van der Waals surface area contributed by atoms with Gasteiger partial charge in [-0.05, 0) is 54.7 Å². The fourth-order valence-corrected chi connectivity index (χ4v) is 3.57. The molecule has 1 aliphatic rings. The van der Waals surface area contributed by atoms with Gasteiger partial charge in [0.1, 0.15) is 0 Å². The van der Waals surface area contributed by atoms with Crippen molar-refractivity contribution in [2.75, 3.05) is 43.4 Å². The van der Waals surface area contributed by atoms with Crippen LogP contribution in [0.1, 0.15) is 5.56 Å². The maximum absolute atomic E-state index is 12.4. The number of halogens is 3. The number of para-hydroxylation sites is 2. The van der Waals surface area contributed by atoms with Crippen LogP contribution in [0.4, 0.5) is 24.5 Å². The SMILES string of the molecule is CN1CCN(c2ccccc2NC(=O)/C=C/c2ccc(SC(F)(F)F)cc2)CC1. The molecule has 1 heterocycles. The summed E-state index contributed by atoms with van der Waals surface area (Å²) in [6, 6.07) is 13.5. The number of anilines is 2. The summed E-state index contributed by atoms with van der Waals surface area (Å²) in [5.41, 5.74) is -1.94. The number of amides is 1.